The molecule has 0 amide bonds. The highest BCUT2D eigenvalue weighted by Crippen LogP contribution is 2.47. The summed E-state index contributed by atoms with van der Waals surface area (Å²) in [7, 11) is 3.24. The van der Waals surface area contributed by atoms with Gasteiger partial charge in [-0.1, -0.05) is 31.4 Å². The molecule has 1 aliphatic heterocycles. The maximum atomic E-state index is 12.8. The van der Waals surface area contributed by atoms with E-state index in [2.05, 4.69) is 5.32 Å². The molecule has 0 spiro atoms. The third kappa shape index (κ3) is 3.36. The summed E-state index contributed by atoms with van der Waals surface area (Å²) < 4.78 is 6.92. The fourth-order valence-corrected chi connectivity index (χ4v) is 4.81. The zero-order valence-electron chi connectivity index (χ0n) is 17.5. The number of anilines is 1. The minimum Gasteiger partial charge on any atom is -0.466 e. The van der Waals surface area contributed by atoms with Crippen LogP contribution in [0.15, 0.2) is 35.5 Å². The summed E-state index contributed by atoms with van der Waals surface area (Å²) in [6.07, 6.45) is 5.65. The van der Waals surface area contributed by atoms with Crippen LogP contribution >= 0.6 is 0 Å². The normalized spacial score (nSPS) is 19.2. The van der Waals surface area contributed by atoms with E-state index in [1.165, 1.54) is 19.6 Å². The zero-order chi connectivity index (χ0) is 21.4. The number of benzene rings is 1. The van der Waals surface area contributed by atoms with Gasteiger partial charge in [-0.2, -0.15) is 5.10 Å². The number of methoxy groups -OCH3 is 1. The molecular formula is C22H26N4O4. The maximum Gasteiger partial charge on any atom is 0.336 e. The lowest BCUT2D eigenvalue weighted by Gasteiger charge is -2.30. The summed E-state index contributed by atoms with van der Waals surface area (Å²) in [6.45, 7) is 1.83. The van der Waals surface area contributed by atoms with E-state index in [0.29, 0.717) is 22.8 Å². The van der Waals surface area contributed by atoms with Crippen LogP contribution in [0.1, 0.15) is 67.7 Å². The van der Waals surface area contributed by atoms with Crippen LogP contribution in [0.5, 0.6) is 0 Å². The quantitative estimate of drug-likeness (QED) is 0.456. The summed E-state index contributed by atoms with van der Waals surface area (Å²) in [5, 5.41) is 19.6. The van der Waals surface area contributed by atoms with Gasteiger partial charge in [0.1, 0.15) is 5.82 Å². The predicted octanol–water partition coefficient (Wildman–Crippen LogP) is 4.38. The van der Waals surface area contributed by atoms with E-state index in [1.54, 1.807) is 12.1 Å². The lowest BCUT2D eigenvalue weighted by Crippen LogP contribution is -2.25. The van der Waals surface area contributed by atoms with Gasteiger partial charge in [-0.25, -0.2) is 4.79 Å². The molecule has 1 unspecified atom stereocenters. The van der Waals surface area contributed by atoms with Crippen molar-refractivity contribution in [2.24, 2.45) is 7.05 Å². The fraction of sp³-hybridized carbons (Fsp3) is 0.455. The minimum atomic E-state index is -0.473. The first-order valence-electron chi connectivity index (χ1n) is 10.3. The molecule has 2 aromatic rings. The van der Waals surface area contributed by atoms with Crippen LogP contribution in [0, 0.1) is 10.1 Å². The largest absolute Gasteiger partial charge is 0.466 e. The molecule has 8 heteroatoms. The monoisotopic (exact) mass is 410 g/mol. The van der Waals surface area contributed by atoms with E-state index in [0.717, 1.165) is 42.8 Å². The standard InChI is InChI=1S/C22H26N4O4/c1-13-17(22(27)30-3)18(15-10-7-11-16(12-15)26(28)29)19-20(14-8-5-4-6-9-14)24-25(2)21(19)23-13/h7,10-12,14,18,23H,4-6,8-9H2,1-3H3. The lowest BCUT2D eigenvalue weighted by atomic mass is 9.77. The number of rotatable bonds is 4. The van der Waals surface area contributed by atoms with Crippen molar-refractivity contribution < 1.29 is 14.5 Å². The molecule has 0 bridgehead atoms. The summed E-state index contributed by atoms with van der Waals surface area (Å²) in [5.74, 6) is 0.228. The van der Waals surface area contributed by atoms with Crippen molar-refractivity contribution in [3.8, 4) is 0 Å². The van der Waals surface area contributed by atoms with Gasteiger partial charge in [-0.05, 0) is 25.3 Å². The lowest BCUT2D eigenvalue weighted by molar-refractivity contribution is -0.384. The average Bonchev–Trinajstić information content (AvgIpc) is 3.09. The van der Waals surface area contributed by atoms with Crippen molar-refractivity contribution in [1.29, 1.82) is 0 Å². The Morgan fingerprint density at radius 3 is 2.70 bits per heavy atom. The minimum absolute atomic E-state index is 0.00226. The van der Waals surface area contributed by atoms with Gasteiger partial charge >= 0.3 is 5.97 Å². The van der Waals surface area contributed by atoms with Crippen molar-refractivity contribution in [2.45, 2.75) is 50.9 Å². The number of aryl methyl sites for hydroxylation is 1. The number of carbonyl (C=O) groups excluding carboxylic acids is 1. The molecule has 1 fully saturated rings. The number of carbonyl (C=O) groups is 1. The number of esters is 1. The van der Waals surface area contributed by atoms with Gasteiger partial charge < -0.3 is 10.1 Å². The van der Waals surface area contributed by atoms with Crippen molar-refractivity contribution in [3.63, 3.8) is 0 Å². The SMILES string of the molecule is COC(=O)C1=C(C)Nc2c(c(C3CCCCC3)nn2C)C1c1cccc([N+](=O)[O-])c1. The summed E-state index contributed by atoms with van der Waals surface area (Å²) in [5.41, 5.74) is 3.73. The first kappa shape index (κ1) is 20.1. The molecule has 158 valence electrons. The van der Waals surface area contributed by atoms with Crippen LogP contribution in [0.3, 0.4) is 0 Å². The highest BCUT2D eigenvalue weighted by Gasteiger charge is 2.39. The smallest absolute Gasteiger partial charge is 0.336 e. The van der Waals surface area contributed by atoms with Gasteiger partial charge in [0.25, 0.3) is 5.69 Å². The number of hydrogen-bond donors (Lipinski definition) is 1. The van der Waals surface area contributed by atoms with Gasteiger partial charge in [0.05, 0.1) is 23.3 Å². The molecule has 1 aliphatic carbocycles. The Kier molecular flexibility index (Phi) is 5.32. The van der Waals surface area contributed by atoms with Crippen LogP contribution in [0.2, 0.25) is 0 Å². The summed E-state index contributed by atoms with van der Waals surface area (Å²) in [4.78, 5) is 23.8. The van der Waals surface area contributed by atoms with Gasteiger partial charge in [0.2, 0.25) is 0 Å². The molecule has 1 N–H and O–H groups in total. The number of hydrogen-bond acceptors (Lipinski definition) is 6. The number of nitrogens with one attached hydrogen (secondary N) is 1. The molecule has 1 saturated carbocycles. The number of nitrogens with zero attached hydrogens (tertiary/aromatic N) is 3. The molecule has 0 saturated heterocycles. The van der Waals surface area contributed by atoms with E-state index >= 15 is 0 Å². The van der Waals surface area contributed by atoms with Crippen molar-refractivity contribution in [1.82, 2.24) is 9.78 Å². The Bertz CT molecular complexity index is 1030. The summed E-state index contributed by atoms with van der Waals surface area (Å²) in [6, 6.07) is 6.51. The molecule has 1 aromatic heterocycles. The number of nitro benzene ring substituents is 1. The highest BCUT2D eigenvalue weighted by molar-refractivity contribution is 5.94. The second-order valence-electron chi connectivity index (χ2n) is 8.05. The van der Waals surface area contributed by atoms with Gasteiger partial charge in [-0.3, -0.25) is 14.8 Å². The zero-order valence-corrected chi connectivity index (χ0v) is 17.5. The number of ether oxygens (including phenoxy) is 1. The van der Waals surface area contributed by atoms with Crippen LogP contribution in [-0.4, -0.2) is 27.8 Å². The highest BCUT2D eigenvalue weighted by atomic mass is 16.6. The van der Waals surface area contributed by atoms with Gasteiger partial charge in [0, 0.05) is 42.3 Å². The Labute approximate surface area is 175 Å². The second kappa shape index (κ2) is 7.93. The van der Waals surface area contributed by atoms with E-state index in [1.807, 2.05) is 24.7 Å². The van der Waals surface area contributed by atoms with Crippen LogP contribution in [0.25, 0.3) is 0 Å². The molecule has 1 atom stereocenters. The van der Waals surface area contributed by atoms with Gasteiger partial charge in [-0.15, -0.1) is 0 Å². The molecule has 2 heterocycles. The fourth-order valence-electron chi connectivity index (χ4n) is 4.81. The van der Waals surface area contributed by atoms with Crippen LogP contribution in [0.4, 0.5) is 11.5 Å². The van der Waals surface area contributed by atoms with E-state index in [4.69, 9.17) is 9.84 Å². The van der Waals surface area contributed by atoms with E-state index in [-0.39, 0.29) is 5.69 Å². The Morgan fingerprint density at radius 1 is 1.30 bits per heavy atom. The molecule has 2 aliphatic rings. The van der Waals surface area contributed by atoms with Crippen molar-refractivity contribution in [2.75, 3.05) is 12.4 Å². The predicted molar refractivity (Wildman–Crippen MR) is 112 cm³/mol. The average molecular weight is 410 g/mol. The van der Waals surface area contributed by atoms with Crippen molar-refractivity contribution in [3.05, 3.63) is 62.5 Å². The molecule has 4 rings (SSSR count). The third-order valence-electron chi connectivity index (χ3n) is 6.21. The topological polar surface area (TPSA) is 99.3 Å². The van der Waals surface area contributed by atoms with E-state index in [9.17, 15) is 14.9 Å². The van der Waals surface area contributed by atoms with Crippen molar-refractivity contribution >= 4 is 17.5 Å². The number of allylic oxidation sites excluding steroid dienone is 1. The first-order valence-corrected chi connectivity index (χ1v) is 10.3. The maximum absolute atomic E-state index is 12.8. The van der Waals surface area contributed by atoms with Crippen LogP contribution in [-0.2, 0) is 16.6 Å². The number of non-ortho nitro benzene ring substituents is 1. The number of aromatic nitrogens is 2. The second-order valence-corrected chi connectivity index (χ2v) is 8.05. The molecule has 30 heavy (non-hydrogen) atoms. The third-order valence-corrected chi connectivity index (χ3v) is 6.21. The molecule has 0 radical (unpaired) electrons. The Balaban J connectivity index is 1.94. The molecule has 8 nitrogen and oxygen atoms in total. The first-order chi connectivity index (χ1) is 14.4. The Hall–Kier alpha value is -3.16. The van der Waals surface area contributed by atoms with Gasteiger partial charge in [0.15, 0.2) is 0 Å². The number of nitro groups is 1. The molecular weight excluding hydrogens is 384 g/mol. The van der Waals surface area contributed by atoms with E-state index < -0.39 is 16.8 Å². The van der Waals surface area contributed by atoms with Crippen LogP contribution < -0.4 is 5.32 Å². The summed E-state index contributed by atoms with van der Waals surface area (Å²) >= 11 is 0. The molecule has 1 aromatic carbocycles. The number of fused-ring (bicyclic) bond motifs is 1. The Morgan fingerprint density at radius 2 is 2.03 bits per heavy atom.